The van der Waals surface area contributed by atoms with Crippen LogP contribution in [-0.4, -0.2) is 30.3 Å². The number of anilines is 1. The molecular formula is C35H33NO5. The number of amides is 1. The van der Waals surface area contributed by atoms with Crippen molar-refractivity contribution in [1.29, 1.82) is 0 Å². The predicted octanol–water partition coefficient (Wildman–Crippen LogP) is 6.97. The Morgan fingerprint density at radius 3 is 1.93 bits per heavy atom. The predicted molar refractivity (Wildman–Crippen MR) is 158 cm³/mol. The van der Waals surface area contributed by atoms with Crippen LogP contribution in [0.4, 0.5) is 5.69 Å². The fraction of sp³-hybridized carbons (Fsp3) is 0.229. The number of ketones is 1. The van der Waals surface area contributed by atoms with Crippen LogP contribution in [0.1, 0.15) is 48.7 Å². The van der Waals surface area contributed by atoms with E-state index in [-0.39, 0.29) is 30.1 Å². The molecule has 0 aromatic heterocycles. The highest BCUT2D eigenvalue weighted by molar-refractivity contribution is 6.02. The standard InChI is InChI=1S/C35H33NO5/c1-24(33(38)25-10-6-4-7-11-25)40-34(39)26-22-32(37)36(23-26)29-16-20-31(21-17-29)41-30-18-14-28(15-19-30)35(2,3)27-12-8-5-9-13-27/h4-21,24,26H,22-23H2,1-3H3/t24-,26+/m1/s1. The highest BCUT2D eigenvalue weighted by Gasteiger charge is 2.37. The van der Waals surface area contributed by atoms with Gasteiger partial charge < -0.3 is 14.4 Å². The van der Waals surface area contributed by atoms with E-state index in [2.05, 4.69) is 50.2 Å². The Labute approximate surface area is 240 Å². The lowest BCUT2D eigenvalue weighted by atomic mass is 9.78. The van der Waals surface area contributed by atoms with Gasteiger partial charge >= 0.3 is 5.97 Å². The summed E-state index contributed by atoms with van der Waals surface area (Å²) in [5, 5.41) is 0. The molecule has 0 spiro atoms. The largest absolute Gasteiger partial charge is 0.457 e. The van der Waals surface area contributed by atoms with Crippen molar-refractivity contribution in [3.05, 3.63) is 126 Å². The summed E-state index contributed by atoms with van der Waals surface area (Å²) >= 11 is 0. The van der Waals surface area contributed by atoms with Crippen LogP contribution in [0.5, 0.6) is 11.5 Å². The Hall–Kier alpha value is -4.71. The molecule has 1 aliphatic heterocycles. The molecule has 0 bridgehead atoms. The first-order valence-corrected chi connectivity index (χ1v) is 13.8. The van der Waals surface area contributed by atoms with Gasteiger partial charge in [-0.2, -0.15) is 0 Å². The van der Waals surface area contributed by atoms with Gasteiger partial charge in [-0.15, -0.1) is 0 Å². The van der Waals surface area contributed by atoms with E-state index in [0.717, 1.165) is 0 Å². The molecule has 0 aliphatic carbocycles. The van der Waals surface area contributed by atoms with E-state index in [1.165, 1.54) is 11.1 Å². The fourth-order valence-electron chi connectivity index (χ4n) is 5.07. The van der Waals surface area contributed by atoms with Crippen LogP contribution in [0.15, 0.2) is 109 Å². The minimum absolute atomic E-state index is 0.0367. The van der Waals surface area contributed by atoms with E-state index in [4.69, 9.17) is 9.47 Å². The normalized spacial score (nSPS) is 15.8. The highest BCUT2D eigenvalue weighted by atomic mass is 16.5. The van der Waals surface area contributed by atoms with Crippen molar-refractivity contribution < 1.29 is 23.9 Å². The Morgan fingerprint density at radius 2 is 1.32 bits per heavy atom. The number of Topliss-reactive ketones (excluding diaryl/α,β-unsaturated/α-hetero) is 1. The van der Waals surface area contributed by atoms with Crippen molar-refractivity contribution in [3.8, 4) is 11.5 Å². The molecule has 6 heteroatoms. The molecule has 208 valence electrons. The first-order valence-electron chi connectivity index (χ1n) is 13.8. The lowest BCUT2D eigenvalue weighted by Crippen LogP contribution is -2.30. The molecule has 1 aliphatic rings. The van der Waals surface area contributed by atoms with Crippen molar-refractivity contribution in [2.75, 3.05) is 11.4 Å². The van der Waals surface area contributed by atoms with Crippen LogP contribution in [0, 0.1) is 5.92 Å². The third-order valence-corrected chi connectivity index (χ3v) is 7.63. The first kappa shape index (κ1) is 27.8. The summed E-state index contributed by atoms with van der Waals surface area (Å²) < 4.78 is 11.5. The Kier molecular flexibility index (Phi) is 8.02. The molecule has 1 amide bonds. The van der Waals surface area contributed by atoms with Gasteiger partial charge in [-0.1, -0.05) is 86.6 Å². The van der Waals surface area contributed by atoms with E-state index < -0.39 is 18.0 Å². The van der Waals surface area contributed by atoms with Crippen LogP contribution in [0.2, 0.25) is 0 Å². The second-order valence-corrected chi connectivity index (χ2v) is 10.8. The molecule has 5 rings (SSSR count). The molecule has 41 heavy (non-hydrogen) atoms. The summed E-state index contributed by atoms with van der Waals surface area (Å²) in [6.07, 6.45) is -0.890. The lowest BCUT2D eigenvalue weighted by molar-refractivity contribution is -0.151. The highest BCUT2D eigenvalue weighted by Crippen LogP contribution is 2.34. The molecule has 1 heterocycles. The summed E-state index contributed by atoms with van der Waals surface area (Å²) in [4.78, 5) is 39.6. The zero-order valence-corrected chi connectivity index (χ0v) is 23.4. The van der Waals surface area contributed by atoms with Gasteiger partial charge in [-0.05, 0) is 54.4 Å². The average molecular weight is 548 g/mol. The minimum atomic E-state index is -0.927. The average Bonchev–Trinajstić information content (AvgIpc) is 3.40. The molecule has 4 aromatic rings. The van der Waals surface area contributed by atoms with Crippen molar-refractivity contribution in [2.24, 2.45) is 5.92 Å². The zero-order valence-electron chi connectivity index (χ0n) is 23.4. The van der Waals surface area contributed by atoms with Crippen LogP contribution in [0.25, 0.3) is 0 Å². The number of ether oxygens (including phenoxy) is 2. The molecule has 1 saturated heterocycles. The van der Waals surface area contributed by atoms with Crippen molar-refractivity contribution in [1.82, 2.24) is 0 Å². The van der Waals surface area contributed by atoms with Gasteiger partial charge in [-0.3, -0.25) is 14.4 Å². The Balaban J connectivity index is 1.18. The SMILES string of the molecule is C[C@@H](OC(=O)[C@H]1CC(=O)N(c2ccc(Oc3ccc(C(C)(C)c4ccccc4)cc3)cc2)C1)C(=O)c1ccccc1. The second kappa shape index (κ2) is 11.8. The molecule has 6 nitrogen and oxygen atoms in total. The molecule has 4 aromatic carbocycles. The number of benzene rings is 4. The third-order valence-electron chi connectivity index (χ3n) is 7.63. The monoisotopic (exact) mass is 547 g/mol. The summed E-state index contributed by atoms with van der Waals surface area (Å²) in [6.45, 7) is 6.15. The van der Waals surface area contributed by atoms with E-state index in [1.54, 1.807) is 60.4 Å². The number of esters is 1. The number of hydrogen-bond acceptors (Lipinski definition) is 5. The Morgan fingerprint density at radius 1 is 0.780 bits per heavy atom. The number of carbonyl (C=O) groups excluding carboxylic acids is 3. The van der Waals surface area contributed by atoms with Crippen molar-refractivity contribution >= 4 is 23.3 Å². The maximum atomic E-state index is 12.8. The van der Waals surface area contributed by atoms with E-state index in [1.807, 2.05) is 24.3 Å². The minimum Gasteiger partial charge on any atom is -0.457 e. The summed E-state index contributed by atoms with van der Waals surface area (Å²) in [5.74, 6) is -0.270. The third kappa shape index (κ3) is 6.22. The van der Waals surface area contributed by atoms with E-state index >= 15 is 0 Å². The first-order chi connectivity index (χ1) is 19.7. The van der Waals surface area contributed by atoms with Gasteiger partial charge in [0.15, 0.2) is 6.10 Å². The van der Waals surface area contributed by atoms with Gasteiger partial charge in [0.05, 0.1) is 5.92 Å². The molecule has 0 N–H and O–H groups in total. The van der Waals surface area contributed by atoms with Gasteiger partial charge in [0, 0.05) is 29.6 Å². The summed E-state index contributed by atoms with van der Waals surface area (Å²) in [7, 11) is 0. The van der Waals surface area contributed by atoms with Crippen LogP contribution >= 0.6 is 0 Å². The van der Waals surface area contributed by atoms with Gasteiger partial charge in [-0.25, -0.2) is 0 Å². The van der Waals surface area contributed by atoms with E-state index in [0.29, 0.717) is 22.7 Å². The van der Waals surface area contributed by atoms with Gasteiger partial charge in [0.25, 0.3) is 0 Å². The fourth-order valence-corrected chi connectivity index (χ4v) is 5.07. The number of nitrogens with zero attached hydrogens (tertiary/aromatic N) is 1. The van der Waals surface area contributed by atoms with Gasteiger partial charge in [0.1, 0.15) is 11.5 Å². The van der Waals surface area contributed by atoms with Crippen molar-refractivity contribution in [3.63, 3.8) is 0 Å². The smallest absolute Gasteiger partial charge is 0.312 e. The number of rotatable bonds is 9. The van der Waals surface area contributed by atoms with Crippen LogP contribution in [-0.2, 0) is 19.7 Å². The second-order valence-electron chi connectivity index (χ2n) is 10.8. The van der Waals surface area contributed by atoms with E-state index in [9.17, 15) is 14.4 Å². The topological polar surface area (TPSA) is 72.9 Å². The molecule has 2 atom stereocenters. The van der Waals surface area contributed by atoms with Crippen LogP contribution < -0.4 is 9.64 Å². The number of carbonyl (C=O) groups is 3. The zero-order chi connectivity index (χ0) is 29.0. The molecular weight excluding hydrogens is 514 g/mol. The quantitative estimate of drug-likeness (QED) is 0.167. The summed E-state index contributed by atoms with van der Waals surface area (Å²) in [6, 6.07) is 34.4. The van der Waals surface area contributed by atoms with Gasteiger partial charge in [0.2, 0.25) is 11.7 Å². The molecule has 1 fully saturated rings. The lowest BCUT2D eigenvalue weighted by Gasteiger charge is -2.26. The maximum Gasteiger partial charge on any atom is 0.312 e. The van der Waals surface area contributed by atoms with Crippen molar-refractivity contribution in [2.45, 2.75) is 38.7 Å². The molecule has 0 saturated carbocycles. The Bertz CT molecular complexity index is 1510. The maximum absolute atomic E-state index is 12.8. The van der Waals surface area contributed by atoms with Crippen LogP contribution in [0.3, 0.4) is 0 Å². The summed E-state index contributed by atoms with van der Waals surface area (Å²) in [5.41, 5.74) is 3.44. The number of hydrogen-bond donors (Lipinski definition) is 0. The molecule has 0 unspecified atom stereocenters. The molecule has 0 radical (unpaired) electrons.